The Morgan fingerprint density at radius 3 is 2.72 bits per heavy atom. The minimum absolute atomic E-state index is 0.243. The van der Waals surface area contributed by atoms with Gasteiger partial charge in [0.05, 0.1) is 15.6 Å². The average molecular weight is 464 g/mol. The Morgan fingerprint density at radius 2 is 1.90 bits per heavy atom. The smallest absolute Gasteiger partial charge is 0.264 e. The molecule has 0 saturated carbocycles. The van der Waals surface area contributed by atoms with Crippen LogP contribution in [0.2, 0.25) is 15.1 Å². The van der Waals surface area contributed by atoms with Crippen molar-refractivity contribution in [3.63, 3.8) is 0 Å². The van der Waals surface area contributed by atoms with Crippen LogP contribution in [-0.4, -0.2) is 11.1 Å². The maximum Gasteiger partial charge on any atom is 0.264 e. The number of aliphatic imine (C=N–C) groups is 1. The quantitative estimate of drug-likeness (QED) is 0.421. The third-order valence-corrected chi connectivity index (χ3v) is 6.09. The van der Waals surface area contributed by atoms with E-state index in [0.29, 0.717) is 47.9 Å². The number of amides is 1. The van der Waals surface area contributed by atoms with Crippen molar-refractivity contribution in [2.75, 3.05) is 0 Å². The summed E-state index contributed by atoms with van der Waals surface area (Å²) < 4.78 is 5.83. The van der Waals surface area contributed by atoms with Gasteiger partial charge in [-0.05, 0) is 66.7 Å². The highest BCUT2D eigenvalue weighted by Crippen LogP contribution is 2.34. The van der Waals surface area contributed by atoms with Gasteiger partial charge in [0, 0.05) is 21.7 Å². The number of hydrogen-bond donors (Lipinski definition) is 1. The molecule has 0 radical (unpaired) electrons. The molecule has 0 atom stereocenters. The highest BCUT2D eigenvalue weighted by molar-refractivity contribution is 8.18. The molecule has 4 rings (SSSR count). The van der Waals surface area contributed by atoms with Gasteiger partial charge in [-0.25, -0.2) is 4.99 Å². The number of furan rings is 1. The first-order valence-corrected chi connectivity index (χ1v) is 10.5. The van der Waals surface area contributed by atoms with Crippen molar-refractivity contribution in [2.45, 2.75) is 6.92 Å². The lowest BCUT2D eigenvalue weighted by Gasteiger charge is -2.02. The fraction of sp³-hybridized carbons (Fsp3) is 0.0476. The number of halogens is 3. The van der Waals surface area contributed by atoms with Gasteiger partial charge in [0.1, 0.15) is 11.5 Å². The van der Waals surface area contributed by atoms with Crippen LogP contribution in [0.4, 0.5) is 5.69 Å². The number of benzene rings is 2. The topological polar surface area (TPSA) is 54.6 Å². The summed E-state index contributed by atoms with van der Waals surface area (Å²) in [5, 5.41) is 4.95. The second-order valence-electron chi connectivity index (χ2n) is 6.19. The molecule has 1 aliphatic rings. The Bertz CT molecular complexity index is 1180. The van der Waals surface area contributed by atoms with Gasteiger partial charge in [-0.2, -0.15) is 0 Å². The first-order valence-electron chi connectivity index (χ1n) is 8.50. The molecule has 0 aliphatic carbocycles. The second kappa shape index (κ2) is 8.28. The van der Waals surface area contributed by atoms with E-state index in [4.69, 9.17) is 39.2 Å². The first kappa shape index (κ1) is 20.1. The minimum Gasteiger partial charge on any atom is -0.457 e. The van der Waals surface area contributed by atoms with Gasteiger partial charge in [-0.3, -0.25) is 4.79 Å². The van der Waals surface area contributed by atoms with Crippen LogP contribution in [0.1, 0.15) is 11.3 Å². The molecule has 1 aromatic heterocycles. The molecule has 1 fully saturated rings. The molecule has 2 aromatic carbocycles. The van der Waals surface area contributed by atoms with Gasteiger partial charge in [-0.15, -0.1) is 0 Å². The molecule has 0 spiro atoms. The monoisotopic (exact) mass is 462 g/mol. The molecule has 8 heteroatoms. The number of thioether (sulfide) groups is 1. The molecule has 2 heterocycles. The summed E-state index contributed by atoms with van der Waals surface area (Å²) in [7, 11) is 0. The summed E-state index contributed by atoms with van der Waals surface area (Å²) in [4.78, 5) is 17.3. The van der Waals surface area contributed by atoms with Crippen molar-refractivity contribution >= 4 is 69.4 Å². The van der Waals surface area contributed by atoms with Crippen molar-refractivity contribution in [1.29, 1.82) is 0 Å². The lowest BCUT2D eigenvalue weighted by molar-refractivity contribution is -0.115. The predicted octanol–water partition coefficient (Wildman–Crippen LogP) is 7.11. The standard InChI is InChI=1S/C21H13Cl3N2O2S/c1-11-15(23)3-2-4-17(11)25-21-26-20(27)19(29-21)10-13-6-8-18(28-13)14-9-12(22)5-7-16(14)24/h2-10H,1H3,(H,25,26,27)/b19-10-. The number of nitrogens with one attached hydrogen (secondary N) is 1. The van der Waals surface area contributed by atoms with Crippen LogP contribution < -0.4 is 5.32 Å². The molecule has 146 valence electrons. The summed E-state index contributed by atoms with van der Waals surface area (Å²) in [5.74, 6) is 0.845. The summed E-state index contributed by atoms with van der Waals surface area (Å²) >= 11 is 19.6. The molecule has 1 saturated heterocycles. The van der Waals surface area contributed by atoms with Crippen LogP contribution in [0.15, 0.2) is 62.8 Å². The highest BCUT2D eigenvalue weighted by Gasteiger charge is 2.24. The molecule has 1 aliphatic heterocycles. The van der Waals surface area contributed by atoms with Crippen molar-refractivity contribution in [1.82, 2.24) is 5.32 Å². The third-order valence-electron chi connectivity index (χ3n) is 4.21. The summed E-state index contributed by atoms with van der Waals surface area (Å²) in [6.45, 7) is 1.88. The zero-order valence-corrected chi connectivity index (χ0v) is 18.1. The zero-order chi connectivity index (χ0) is 20.5. The van der Waals surface area contributed by atoms with E-state index in [1.807, 2.05) is 19.1 Å². The number of carbonyl (C=O) groups is 1. The van der Waals surface area contributed by atoms with Crippen LogP contribution in [-0.2, 0) is 4.79 Å². The number of nitrogens with zero attached hydrogens (tertiary/aromatic N) is 1. The maximum absolute atomic E-state index is 12.3. The van der Waals surface area contributed by atoms with E-state index >= 15 is 0 Å². The average Bonchev–Trinajstić information content (AvgIpc) is 3.28. The van der Waals surface area contributed by atoms with Gasteiger partial charge in [0.2, 0.25) is 0 Å². The lowest BCUT2D eigenvalue weighted by Crippen LogP contribution is -2.19. The molecular formula is C21H13Cl3N2O2S. The molecule has 0 unspecified atom stereocenters. The van der Waals surface area contributed by atoms with Crippen LogP contribution in [0.3, 0.4) is 0 Å². The van der Waals surface area contributed by atoms with Gasteiger partial charge >= 0.3 is 0 Å². The lowest BCUT2D eigenvalue weighted by atomic mass is 10.2. The fourth-order valence-electron chi connectivity index (χ4n) is 2.70. The van der Waals surface area contributed by atoms with E-state index in [-0.39, 0.29) is 5.91 Å². The summed E-state index contributed by atoms with van der Waals surface area (Å²) in [5.41, 5.74) is 2.24. The number of carbonyl (C=O) groups excluding carboxylic acids is 1. The Hall–Kier alpha value is -2.18. The van der Waals surface area contributed by atoms with Gasteiger partial charge in [0.15, 0.2) is 5.17 Å². The van der Waals surface area contributed by atoms with Crippen molar-refractivity contribution in [3.05, 3.63) is 79.8 Å². The Balaban J connectivity index is 1.59. The third kappa shape index (κ3) is 4.38. The van der Waals surface area contributed by atoms with Gasteiger partial charge in [-0.1, -0.05) is 40.9 Å². The normalized spacial score (nSPS) is 16.6. The Morgan fingerprint density at radius 1 is 1.07 bits per heavy atom. The van der Waals surface area contributed by atoms with Crippen molar-refractivity contribution < 1.29 is 9.21 Å². The largest absolute Gasteiger partial charge is 0.457 e. The van der Waals surface area contributed by atoms with E-state index in [9.17, 15) is 4.79 Å². The van der Waals surface area contributed by atoms with Crippen LogP contribution >= 0.6 is 46.6 Å². The van der Waals surface area contributed by atoms with E-state index < -0.39 is 0 Å². The highest BCUT2D eigenvalue weighted by atomic mass is 35.5. The first-order chi connectivity index (χ1) is 13.9. The van der Waals surface area contributed by atoms with Gasteiger partial charge in [0.25, 0.3) is 5.91 Å². The number of amidine groups is 1. The zero-order valence-electron chi connectivity index (χ0n) is 15.0. The molecule has 0 bridgehead atoms. The predicted molar refractivity (Wildman–Crippen MR) is 121 cm³/mol. The van der Waals surface area contributed by atoms with Crippen molar-refractivity contribution in [2.24, 2.45) is 4.99 Å². The van der Waals surface area contributed by atoms with Crippen LogP contribution in [0.5, 0.6) is 0 Å². The maximum atomic E-state index is 12.3. The van der Waals surface area contributed by atoms with Crippen LogP contribution in [0, 0.1) is 6.92 Å². The SMILES string of the molecule is Cc1c(Cl)cccc1N=C1NC(=O)/C(=C/c2ccc(-c3cc(Cl)ccc3Cl)o2)S1. The summed E-state index contributed by atoms with van der Waals surface area (Å²) in [6, 6.07) is 14.2. The number of hydrogen-bond acceptors (Lipinski definition) is 4. The molecule has 1 N–H and O–H groups in total. The minimum atomic E-state index is -0.243. The van der Waals surface area contributed by atoms with E-state index in [2.05, 4.69) is 10.3 Å². The van der Waals surface area contributed by atoms with E-state index in [1.54, 1.807) is 42.5 Å². The van der Waals surface area contributed by atoms with Gasteiger partial charge < -0.3 is 9.73 Å². The fourth-order valence-corrected chi connectivity index (χ4v) is 4.06. The van der Waals surface area contributed by atoms with E-state index in [1.165, 1.54) is 11.8 Å². The molecule has 3 aromatic rings. The Kier molecular flexibility index (Phi) is 5.74. The van der Waals surface area contributed by atoms with Crippen molar-refractivity contribution in [3.8, 4) is 11.3 Å². The molecule has 1 amide bonds. The summed E-state index contributed by atoms with van der Waals surface area (Å²) in [6.07, 6.45) is 1.66. The Labute approximate surface area is 186 Å². The van der Waals surface area contributed by atoms with E-state index in [0.717, 1.165) is 5.56 Å². The second-order valence-corrected chi connectivity index (χ2v) is 8.47. The molecule has 29 heavy (non-hydrogen) atoms. The number of rotatable bonds is 3. The molecular weight excluding hydrogens is 451 g/mol. The van der Waals surface area contributed by atoms with Crippen LogP contribution in [0.25, 0.3) is 17.4 Å². The molecule has 4 nitrogen and oxygen atoms in total.